The molecule has 0 amide bonds. The van der Waals surface area contributed by atoms with Crippen LogP contribution in [0.25, 0.3) is 0 Å². The van der Waals surface area contributed by atoms with E-state index in [2.05, 4.69) is 67.7 Å². The van der Waals surface area contributed by atoms with Crippen LogP contribution in [0.15, 0.2) is 48.5 Å². The third-order valence-electron chi connectivity index (χ3n) is 9.46. The number of hydrogen-bond acceptors (Lipinski definition) is 1. The van der Waals surface area contributed by atoms with E-state index in [1.54, 1.807) is 0 Å². The largest absolute Gasteiger partial charge is 0.310 e. The highest BCUT2D eigenvalue weighted by molar-refractivity contribution is 5.43. The molecule has 0 bridgehead atoms. The molecule has 1 saturated heterocycles. The van der Waals surface area contributed by atoms with Gasteiger partial charge in [0.2, 0.25) is 0 Å². The molecule has 2 aromatic carbocycles. The molecule has 3 aliphatic rings. The van der Waals surface area contributed by atoms with Crippen LogP contribution in [-0.4, -0.2) is 12.6 Å². The lowest BCUT2D eigenvalue weighted by atomic mass is 9.70. The van der Waals surface area contributed by atoms with Crippen molar-refractivity contribution >= 4 is 0 Å². The summed E-state index contributed by atoms with van der Waals surface area (Å²) in [7, 11) is 0. The lowest BCUT2D eigenvalue weighted by molar-refractivity contribution is 0.163. The standard InChI is InChI=1S/C31H42FN/c1-29(19-5-3-6-20-29)24-11-15-26(16-12-24)31(32,28-10-9-23-33-28)27-17-13-25(14-18-27)30(2)21-7-4-8-22-30/h11-18,28,33H,3-10,19-23H2,1-2H3/t28-/m1/s1. The van der Waals surface area contributed by atoms with E-state index in [1.165, 1.54) is 75.3 Å². The monoisotopic (exact) mass is 447 g/mol. The Balaban J connectivity index is 1.47. The Hall–Kier alpha value is -1.67. The summed E-state index contributed by atoms with van der Waals surface area (Å²) >= 11 is 0. The van der Waals surface area contributed by atoms with Crippen molar-refractivity contribution in [1.82, 2.24) is 5.32 Å². The maximum Gasteiger partial charge on any atom is 0.176 e. The summed E-state index contributed by atoms with van der Waals surface area (Å²) in [6.45, 7) is 5.70. The van der Waals surface area contributed by atoms with Crippen LogP contribution in [0.2, 0.25) is 0 Å². The van der Waals surface area contributed by atoms with Crippen molar-refractivity contribution in [3.63, 3.8) is 0 Å². The van der Waals surface area contributed by atoms with Crippen molar-refractivity contribution in [3.05, 3.63) is 70.8 Å². The van der Waals surface area contributed by atoms with Crippen LogP contribution in [0.3, 0.4) is 0 Å². The fraction of sp³-hybridized carbons (Fsp3) is 0.613. The van der Waals surface area contributed by atoms with Crippen LogP contribution in [0.4, 0.5) is 4.39 Å². The normalized spacial score (nSPS) is 25.1. The van der Waals surface area contributed by atoms with E-state index in [4.69, 9.17) is 0 Å². The molecule has 1 atom stereocenters. The minimum Gasteiger partial charge on any atom is -0.310 e. The average molecular weight is 448 g/mol. The number of benzene rings is 2. The topological polar surface area (TPSA) is 12.0 Å². The van der Waals surface area contributed by atoms with Gasteiger partial charge in [0.25, 0.3) is 0 Å². The second-order valence-electron chi connectivity index (χ2n) is 11.8. The fourth-order valence-electron chi connectivity index (χ4n) is 7.06. The first-order valence-electron chi connectivity index (χ1n) is 13.6. The van der Waals surface area contributed by atoms with Gasteiger partial charge in [-0.15, -0.1) is 0 Å². The van der Waals surface area contributed by atoms with Gasteiger partial charge in [0.15, 0.2) is 5.67 Å². The van der Waals surface area contributed by atoms with Gasteiger partial charge in [-0.2, -0.15) is 0 Å². The van der Waals surface area contributed by atoms with Crippen molar-refractivity contribution in [2.45, 2.75) is 113 Å². The van der Waals surface area contributed by atoms with Crippen molar-refractivity contribution in [3.8, 4) is 0 Å². The Morgan fingerprint density at radius 1 is 0.667 bits per heavy atom. The van der Waals surface area contributed by atoms with Crippen LogP contribution in [0.5, 0.6) is 0 Å². The van der Waals surface area contributed by atoms with E-state index in [9.17, 15) is 0 Å². The summed E-state index contributed by atoms with van der Waals surface area (Å²) in [6, 6.07) is 17.1. The Morgan fingerprint density at radius 3 is 1.45 bits per heavy atom. The highest BCUT2D eigenvalue weighted by Gasteiger charge is 2.44. The second kappa shape index (κ2) is 9.17. The van der Waals surface area contributed by atoms with Crippen molar-refractivity contribution in [1.29, 1.82) is 0 Å². The predicted molar refractivity (Wildman–Crippen MR) is 137 cm³/mol. The first kappa shape index (κ1) is 23.1. The van der Waals surface area contributed by atoms with E-state index in [0.717, 1.165) is 30.5 Å². The Bertz CT molecular complexity index is 843. The highest BCUT2D eigenvalue weighted by Crippen LogP contribution is 2.45. The molecule has 2 heteroatoms. The molecule has 1 nitrogen and oxygen atoms in total. The van der Waals surface area contributed by atoms with Gasteiger partial charge in [-0.1, -0.05) is 101 Å². The molecule has 0 aromatic heterocycles. The molecule has 33 heavy (non-hydrogen) atoms. The van der Waals surface area contributed by atoms with Crippen LogP contribution in [-0.2, 0) is 16.5 Å². The first-order chi connectivity index (χ1) is 15.9. The number of hydrogen-bond donors (Lipinski definition) is 1. The molecule has 0 unspecified atom stereocenters. The molecule has 5 rings (SSSR count). The SMILES string of the molecule is CC1(c2ccc(C(F)(c3ccc(C4(C)CCCCC4)cc3)[C@H]3CCCN3)cc2)CCCCC1. The summed E-state index contributed by atoms with van der Waals surface area (Å²) in [5.41, 5.74) is 3.38. The van der Waals surface area contributed by atoms with Gasteiger partial charge in [0.1, 0.15) is 0 Å². The quantitative estimate of drug-likeness (QED) is 0.488. The third-order valence-corrected chi connectivity index (χ3v) is 9.46. The zero-order valence-electron chi connectivity index (χ0n) is 20.8. The van der Waals surface area contributed by atoms with Gasteiger partial charge in [-0.05, 0) is 78.2 Å². The summed E-state index contributed by atoms with van der Waals surface area (Å²) in [5, 5.41) is 3.49. The first-order valence-corrected chi connectivity index (χ1v) is 13.6. The smallest absolute Gasteiger partial charge is 0.176 e. The van der Waals surface area contributed by atoms with Crippen molar-refractivity contribution in [2.24, 2.45) is 0 Å². The second-order valence-corrected chi connectivity index (χ2v) is 11.8. The van der Waals surface area contributed by atoms with Crippen LogP contribution in [0.1, 0.15) is 113 Å². The lowest BCUT2D eigenvalue weighted by Gasteiger charge is -2.37. The van der Waals surface area contributed by atoms with E-state index in [0.29, 0.717) is 0 Å². The molecule has 178 valence electrons. The minimum atomic E-state index is -1.49. The maximum absolute atomic E-state index is 17.2. The Kier molecular flexibility index (Phi) is 6.42. The Morgan fingerprint density at radius 2 is 1.09 bits per heavy atom. The number of rotatable bonds is 5. The zero-order valence-corrected chi connectivity index (χ0v) is 20.8. The fourth-order valence-corrected chi connectivity index (χ4v) is 7.06. The highest BCUT2D eigenvalue weighted by atomic mass is 19.1. The van der Waals surface area contributed by atoms with Crippen LogP contribution in [0, 0.1) is 0 Å². The lowest BCUT2D eigenvalue weighted by Crippen LogP contribution is -2.43. The van der Waals surface area contributed by atoms with Crippen LogP contribution >= 0.6 is 0 Å². The van der Waals surface area contributed by atoms with Crippen LogP contribution < -0.4 is 5.32 Å². The number of alkyl halides is 1. The maximum atomic E-state index is 17.2. The van der Waals surface area contributed by atoms with E-state index in [-0.39, 0.29) is 16.9 Å². The average Bonchev–Trinajstić information content (AvgIpc) is 3.40. The van der Waals surface area contributed by atoms with Crippen molar-refractivity contribution < 1.29 is 4.39 Å². The van der Waals surface area contributed by atoms with E-state index >= 15 is 4.39 Å². The molecule has 2 saturated carbocycles. The molecule has 1 N–H and O–H groups in total. The van der Waals surface area contributed by atoms with Gasteiger partial charge in [-0.25, -0.2) is 4.39 Å². The number of halogens is 1. The molecule has 3 fully saturated rings. The van der Waals surface area contributed by atoms with Gasteiger partial charge < -0.3 is 5.32 Å². The van der Waals surface area contributed by atoms with Gasteiger partial charge in [0, 0.05) is 6.04 Å². The van der Waals surface area contributed by atoms with Crippen molar-refractivity contribution in [2.75, 3.05) is 6.54 Å². The molecular weight excluding hydrogens is 405 g/mol. The minimum absolute atomic E-state index is 0.162. The number of nitrogens with one attached hydrogen (secondary N) is 1. The molecule has 0 spiro atoms. The Labute approximate surface area is 200 Å². The molecule has 1 aliphatic heterocycles. The summed E-state index contributed by atoms with van der Waals surface area (Å²) in [4.78, 5) is 0. The van der Waals surface area contributed by atoms with Gasteiger partial charge in [-0.3, -0.25) is 0 Å². The summed E-state index contributed by atoms with van der Waals surface area (Å²) in [6.07, 6.45) is 14.9. The van der Waals surface area contributed by atoms with E-state index in [1.807, 2.05) is 0 Å². The third kappa shape index (κ3) is 4.29. The molecule has 0 radical (unpaired) electrons. The molecule has 2 aliphatic carbocycles. The summed E-state index contributed by atoms with van der Waals surface area (Å²) in [5.74, 6) is 0. The molecule has 2 aromatic rings. The molecular formula is C31H42FN. The predicted octanol–water partition coefficient (Wildman–Crippen LogP) is 8.10. The summed E-state index contributed by atoms with van der Waals surface area (Å²) < 4.78 is 17.2. The van der Waals surface area contributed by atoms with E-state index < -0.39 is 5.67 Å². The molecule has 1 heterocycles. The zero-order chi connectivity index (χ0) is 22.9. The van der Waals surface area contributed by atoms with Gasteiger partial charge >= 0.3 is 0 Å². The van der Waals surface area contributed by atoms with Gasteiger partial charge in [0.05, 0.1) is 0 Å².